The largest absolute Gasteiger partial charge is 0.341 e. The van der Waals surface area contributed by atoms with Crippen molar-refractivity contribution in [3.63, 3.8) is 0 Å². The first-order valence-corrected chi connectivity index (χ1v) is 6.33. The summed E-state index contributed by atoms with van der Waals surface area (Å²) in [6.07, 6.45) is 4.02. The first kappa shape index (κ1) is 11.8. The van der Waals surface area contributed by atoms with Gasteiger partial charge in [0.1, 0.15) is 6.33 Å². The van der Waals surface area contributed by atoms with E-state index in [2.05, 4.69) is 15.5 Å². The Kier molecular flexibility index (Phi) is 2.98. The van der Waals surface area contributed by atoms with Gasteiger partial charge in [-0.3, -0.25) is 4.79 Å². The van der Waals surface area contributed by atoms with Crippen molar-refractivity contribution in [1.29, 1.82) is 0 Å². The van der Waals surface area contributed by atoms with E-state index in [0.717, 1.165) is 12.2 Å². The highest BCUT2D eigenvalue weighted by molar-refractivity contribution is 5.94. The number of benzene rings is 1. The maximum Gasteiger partial charge on any atom is 0.253 e. The summed E-state index contributed by atoms with van der Waals surface area (Å²) in [5.74, 6) is 0.768. The maximum atomic E-state index is 12.2. The molecule has 1 fully saturated rings. The molecule has 6 nitrogen and oxygen atoms in total. The van der Waals surface area contributed by atoms with Crippen LogP contribution in [-0.4, -0.2) is 44.6 Å². The molecule has 1 heterocycles. The topological polar surface area (TPSA) is 63.9 Å². The zero-order valence-electron chi connectivity index (χ0n) is 10.7. The van der Waals surface area contributed by atoms with Crippen LogP contribution in [0.1, 0.15) is 23.2 Å². The molecule has 1 saturated carbocycles. The van der Waals surface area contributed by atoms with Gasteiger partial charge in [-0.05, 0) is 53.5 Å². The molecule has 0 radical (unpaired) electrons. The van der Waals surface area contributed by atoms with Gasteiger partial charge in [0.2, 0.25) is 0 Å². The Morgan fingerprint density at radius 3 is 2.68 bits per heavy atom. The Labute approximate surface area is 111 Å². The van der Waals surface area contributed by atoms with Crippen LogP contribution in [0.2, 0.25) is 0 Å². The molecule has 0 N–H and O–H groups in total. The van der Waals surface area contributed by atoms with Crippen molar-refractivity contribution in [3.8, 4) is 5.69 Å². The van der Waals surface area contributed by atoms with Crippen LogP contribution in [0, 0.1) is 5.92 Å². The van der Waals surface area contributed by atoms with Crippen LogP contribution >= 0.6 is 0 Å². The Bertz CT molecular complexity index is 559. The third-order valence-corrected chi connectivity index (χ3v) is 3.30. The molecule has 19 heavy (non-hydrogen) atoms. The average Bonchev–Trinajstić information content (AvgIpc) is 3.08. The van der Waals surface area contributed by atoms with Crippen molar-refractivity contribution in [2.75, 3.05) is 13.6 Å². The van der Waals surface area contributed by atoms with Crippen LogP contribution in [0.25, 0.3) is 5.69 Å². The van der Waals surface area contributed by atoms with E-state index in [9.17, 15) is 4.79 Å². The van der Waals surface area contributed by atoms with E-state index in [4.69, 9.17) is 0 Å². The predicted octanol–water partition coefficient (Wildman–Crippen LogP) is 1.14. The number of amides is 1. The zero-order valence-corrected chi connectivity index (χ0v) is 10.7. The van der Waals surface area contributed by atoms with Crippen LogP contribution in [0.15, 0.2) is 30.6 Å². The predicted molar refractivity (Wildman–Crippen MR) is 68.8 cm³/mol. The minimum Gasteiger partial charge on any atom is -0.341 e. The minimum absolute atomic E-state index is 0.0650. The summed E-state index contributed by atoms with van der Waals surface area (Å²) >= 11 is 0. The SMILES string of the molecule is CN(CC1CC1)C(=O)c1ccc(-n2cnnn2)cc1. The lowest BCUT2D eigenvalue weighted by Crippen LogP contribution is -2.28. The molecule has 0 atom stereocenters. The van der Waals surface area contributed by atoms with Gasteiger partial charge < -0.3 is 4.90 Å². The minimum atomic E-state index is 0.0650. The summed E-state index contributed by atoms with van der Waals surface area (Å²) in [6, 6.07) is 7.30. The molecular weight excluding hydrogens is 242 g/mol. The van der Waals surface area contributed by atoms with Gasteiger partial charge in [-0.15, -0.1) is 5.10 Å². The fraction of sp³-hybridized carbons (Fsp3) is 0.385. The number of nitrogens with zero attached hydrogens (tertiary/aromatic N) is 5. The number of hydrogen-bond acceptors (Lipinski definition) is 4. The second-order valence-corrected chi connectivity index (χ2v) is 4.93. The molecular formula is C13H15N5O. The van der Waals surface area contributed by atoms with Crippen molar-refractivity contribution in [3.05, 3.63) is 36.2 Å². The lowest BCUT2D eigenvalue weighted by Gasteiger charge is -2.16. The number of carbonyl (C=O) groups excluding carboxylic acids is 1. The zero-order chi connectivity index (χ0) is 13.2. The van der Waals surface area contributed by atoms with Crippen molar-refractivity contribution in [2.45, 2.75) is 12.8 Å². The second kappa shape index (κ2) is 4.79. The van der Waals surface area contributed by atoms with Crippen LogP contribution in [-0.2, 0) is 0 Å². The standard InChI is InChI=1S/C13H15N5O/c1-17(8-10-2-3-10)13(19)11-4-6-12(7-5-11)18-9-14-15-16-18/h4-7,9-10H,2-3,8H2,1H3. The van der Waals surface area contributed by atoms with Gasteiger partial charge in [0.25, 0.3) is 5.91 Å². The van der Waals surface area contributed by atoms with Crippen molar-refractivity contribution in [2.24, 2.45) is 5.92 Å². The number of carbonyl (C=O) groups is 1. The second-order valence-electron chi connectivity index (χ2n) is 4.93. The van der Waals surface area contributed by atoms with E-state index in [0.29, 0.717) is 11.5 Å². The Balaban J connectivity index is 1.72. The first-order chi connectivity index (χ1) is 9.24. The lowest BCUT2D eigenvalue weighted by atomic mass is 10.2. The smallest absolute Gasteiger partial charge is 0.253 e. The monoisotopic (exact) mass is 257 g/mol. The number of hydrogen-bond donors (Lipinski definition) is 0. The summed E-state index contributed by atoms with van der Waals surface area (Å²) in [5.41, 5.74) is 1.53. The molecule has 6 heteroatoms. The normalized spacial score (nSPS) is 14.4. The summed E-state index contributed by atoms with van der Waals surface area (Å²) in [6.45, 7) is 0.855. The van der Waals surface area contributed by atoms with Crippen molar-refractivity contribution in [1.82, 2.24) is 25.1 Å². The van der Waals surface area contributed by atoms with E-state index >= 15 is 0 Å². The van der Waals surface area contributed by atoms with Crippen LogP contribution in [0.4, 0.5) is 0 Å². The highest BCUT2D eigenvalue weighted by Crippen LogP contribution is 2.29. The van der Waals surface area contributed by atoms with Gasteiger partial charge >= 0.3 is 0 Å². The van der Waals surface area contributed by atoms with Crippen LogP contribution < -0.4 is 0 Å². The van der Waals surface area contributed by atoms with Crippen molar-refractivity contribution < 1.29 is 4.79 Å². The van der Waals surface area contributed by atoms with Crippen molar-refractivity contribution >= 4 is 5.91 Å². The van der Waals surface area contributed by atoms with Gasteiger partial charge in [-0.1, -0.05) is 0 Å². The van der Waals surface area contributed by atoms with E-state index in [-0.39, 0.29) is 5.91 Å². The highest BCUT2D eigenvalue weighted by Gasteiger charge is 2.25. The molecule has 1 amide bonds. The first-order valence-electron chi connectivity index (χ1n) is 6.33. The summed E-state index contributed by atoms with van der Waals surface area (Å²) < 4.78 is 1.56. The van der Waals surface area contributed by atoms with Crippen LogP contribution in [0.5, 0.6) is 0 Å². The molecule has 0 bridgehead atoms. The third-order valence-electron chi connectivity index (χ3n) is 3.30. The molecule has 3 rings (SSSR count). The summed E-state index contributed by atoms with van der Waals surface area (Å²) in [7, 11) is 1.86. The van der Waals surface area contributed by atoms with Gasteiger partial charge in [0.15, 0.2) is 0 Å². The molecule has 0 spiro atoms. The maximum absolute atomic E-state index is 12.2. The molecule has 98 valence electrons. The molecule has 0 aliphatic heterocycles. The number of aromatic nitrogens is 4. The third kappa shape index (κ3) is 2.62. The Morgan fingerprint density at radius 1 is 1.37 bits per heavy atom. The number of tetrazole rings is 1. The van der Waals surface area contributed by atoms with E-state index in [1.807, 2.05) is 31.3 Å². The lowest BCUT2D eigenvalue weighted by molar-refractivity contribution is 0.0788. The molecule has 0 unspecified atom stereocenters. The highest BCUT2D eigenvalue weighted by atomic mass is 16.2. The summed E-state index contributed by atoms with van der Waals surface area (Å²) in [4.78, 5) is 14.0. The van der Waals surface area contributed by atoms with Gasteiger partial charge in [0.05, 0.1) is 5.69 Å². The number of rotatable bonds is 4. The van der Waals surface area contributed by atoms with Gasteiger partial charge in [0, 0.05) is 19.2 Å². The van der Waals surface area contributed by atoms with Crippen LogP contribution in [0.3, 0.4) is 0 Å². The van der Waals surface area contributed by atoms with Gasteiger partial charge in [-0.2, -0.15) is 0 Å². The van der Waals surface area contributed by atoms with E-state index in [1.54, 1.807) is 9.58 Å². The molecule has 1 aromatic carbocycles. The molecule has 2 aromatic rings. The molecule has 1 aliphatic rings. The fourth-order valence-corrected chi connectivity index (χ4v) is 2.03. The molecule has 1 aliphatic carbocycles. The Morgan fingerprint density at radius 2 is 2.11 bits per heavy atom. The molecule has 0 saturated heterocycles. The van der Waals surface area contributed by atoms with E-state index < -0.39 is 0 Å². The van der Waals surface area contributed by atoms with E-state index in [1.165, 1.54) is 19.2 Å². The van der Waals surface area contributed by atoms with Gasteiger partial charge in [-0.25, -0.2) is 4.68 Å². The average molecular weight is 257 g/mol. The molecule has 1 aromatic heterocycles. The fourth-order valence-electron chi connectivity index (χ4n) is 2.03. The Hall–Kier alpha value is -2.24. The quantitative estimate of drug-likeness (QED) is 0.824. The summed E-state index contributed by atoms with van der Waals surface area (Å²) in [5, 5.41) is 11.0.